The van der Waals surface area contributed by atoms with Crippen LogP contribution in [0.3, 0.4) is 0 Å². The van der Waals surface area contributed by atoms with Gasteiger partial charge in [-0.05, 0) is 44.6 Å². The van der Waals surface area contributed by atoms with E-state index in [1.807, 2.05) is 12.1 Å². The average Bonchev–Trinajstić information content (AvgIpc) is 2.61. The number of carbonyl (C=O) groups excluding carboxylic acids is 1. The molecule has 0 spiro atoms. The Bertz CT molecular complexity index is 627. The summed E-state index contributed by atoms with van der Waals surface area (Å²) in [6.45, 7) is 1.82. The first-order valence-electron chi connectivity index (χ1n) is 9.02. The highest BCUT2D eigenvalue weighted by molar-refractivity contribution is 9.10. The van der Waals surface area contributed by atoms with Crippen molar-refractivity contribution in [3.8, 4) is 11.5 Å². The fourth-order valence-corrected chi connectivity index (χ4v) is 4.19. The van der Waals surface area contributed by atoms with Crippen LogP contribution in [0.25, 0.3) is 0 Å². The third-order valence-corrected chi connectivity index (χ3v) is 6.15. The molecule has 25 heavy (non-hydrogen) atoms. The fourth-order valence-electron chi connectivity index (χ4n) is 3.73. The summed E-state index contributed by atoms with van der Waals surface area (Å²) in [5, 5.41) is 3.16. The first kappa shape index (κ1) is 18.5. The SMILES string of the molecule is CN(C)C1(CNC(=O)Cc2cc3c(cc2Br)OCCO3)CCCCC1. The Kier molecular flexibility index (Phi) is 5.89. The Morgan fingerprint density at radius 2 is 1.80 bits per heavy atom. The van der Waals surface area contributed by atoms with Gasteiger partial charge in [-0.2, -0.15) is 0 Å². The fraction of sp³-hybridized carbons (Fsp3) is 0.632. The third kappa shape index (κ3) is 4.29. The summed E-state index contributed by atoms with van der Waals surface area (Å²) in [5.74, 6) is 1.49. The lowest BCUT2D eigenvalue weighted by atomic mass is 9.80. The number of rotatable bonds is 5. The molecule has 0 atom stereocenters. The second-order valence-corrected chi connectivity index (χ2v) is 8.07. The normalized spacial score (nSPS) is 18.9. The molecule has 1 aliphatic heterocycles. The molecule has 2 aliphatic rings. The molecule has 6 heteroatoms. The molecule has 1 aliphatic carbocycles. The minimum Gasteiger partial charge on any atom is -0.486 e. The van der Waals surface area contributed by atoms with E-state index in [9.17, 15) is 4.79 Å². The van der Waals surface area contributed by atoms with E-state index in [1.165, 1.54) is 19.3 Å². The van der Waals surface area contributed by atoms with Crippen LogP contribution in [0.15, 0.2) is 16.6 Å². The lowest BCUT2D eigenvalue weighted by molar-refractivity contribution is -0.121. The molecule has 1 saturated carbocycles. The van der Waals surface area contributed by atoms with Crippen LogP contribution in [0, 0.1) is 0 Å². The summed E-state index contributed by atoms with van der Waals surface area (Å²) in [7, 11) is 4.24. The van der Waals surface area contributed by atoms with E-state index in [0.29, 0.717) is 31.9 Å². The molecule has 0 saturated heterocycles. The molecule has 0 unspecified atom stereocenters. The minimum atomic E-state index is 0.0455. The number of amides is 1. The summed E-state index contributed by atoms with van der Waals surface area (Å²) < 4.78 is 12.1. The van der Waals surface area contributed by atoms with Gasteiger partial charge in [-0.15, -0.1) is 0 Å². The Labute approximate surface area is 158 Å². The number of benzene rings is 1. The topological polar surface area (TPSA) is 50.8 Å². The van der Waals surface area contributed by atoms with Crippen molar-refractivity contribution < 1.29 is 14.3 Å². The van der Waals surface area contributed by atoms with Crippen molar-refractivity contribution in [2.45, 2.75) is 44.1 Å². The van der Waals surface area contributed by atoms with Gasteiger partial charge in [-0.25, -0.2) is 0 Å². The zero-order valence-electron chi connectivity index (χ0n) is 15.1. The highest BCUT2D eigenvalue weighted by Crippen LogP contribution is 2.36. The number of likely N-dealkylation sites (N-methyl/N-ethyl adjacent to an activating group) is 1. The highest BCUT2D eigenvalue weighted by Gasteiger charge is 2.34. The molecule has 0 radical (unpaired) electrons. The van der Waals surface area contributed by atoms with Gasteiger partial charge >= 0.3 is 0 Å². The molecular formula is C19H27BrN2O3. The molecular weight excluding hydrogens is 384 g/mol. The summed E-state index contributed by atoms with van der Waals surface area (Å²) >= 11 is 3.54. The average molecular weight is 411 g/mol. The molecule has 1 N–H and O–H groups in total. The predicted octanol–water partition coefficient (Wildman–Crippen LogP) is 3.14. The van der Waals surface area contributed by atoms with Crippen LogP contribution in [-0.2, 0) is 11.2 Å². The van der Waals surface area contributed by atoms with Crippen molar-refractivity contribution in [2.24, 2.45) is 0 Å². The van der Waals surface area contributed by atoms with Crippen molar-refractivity contribution in [1.82, 2.24) is 10.2 Å². The minimum absolute atomic E-state index is 0.0455. The summed E-state index contributed by atoms with van der Waals surface area (Å²) in [5.41, 5.74) is 1.02. The van der Waals surface area contributed by atoms with E-state index < -0.39 is 0 Å². The standard InChI is InChI=1S/C19H27BrN2O3/c1-22(2)19(6-4-3-5-7-19)13-21-18(23)11-14-10-16-17(12-15(14)20)25-9-8-24-16/h10,12H,3-9,11,13H2,1-2H3,(H,21,23). The molecule has 1 amide bonds. The number of fused-ring (bicyclic) bond motifs is 1. The molecule has 0 bridgehead atoms. The Hall–Kier alpha value is -1.27. The molecule has 1 aromatic rings. The van der Waals surface area contributed by atoms with Crippen LogP contribution in [0.1, 0.15) is 37.7 Å². The first-order valence-corrected chi connectivity index (χ1v) is 9.82. The van der Waals surface area contributed by atoms with E-state index in [2.05, 4.69) is 40.2 Å². The summed E-state index contributed by atoms with van der Waals surface area (Å²) in [4.78, 5) is 14.8. The van der Waals surface area contributed by atoms with Gasteiger partial charge in [0.25, 0.3) is 0 Å². The van der Waals surface area contributed by atoms with Gasteiger partial charge in [-0.3, -0.25) is 4.79 Å². The van der Waals surface area contributed by atoms with E-state index in [4.69, 9.17) is 9.47 Å². The van der Waals surface area contributed by atoms with E-state index in [1.54, 1.807) is 0 Å². The second-order valence-electron chi connectivity index (χ2n) is 7.22. The van der Waals surface area contributed by atoms with Crippen LogP contribution < -0.4 is 14.8 Å². The maximum atomic E-state index is 12.5. The number of ether oxygens (including phenoxy) is 2. The molecule has 0 aromatic heterocycles. The number of nitrogens with one attached hydrogen (secondary N) is 1. The van der Waals surface area contributed by atoms with Crippen LogP contribution in [-0.4, -0.2) is 50.2 Å². The number of halogens is 1. The van der Waals surface area contributed by atoms with Crippen LogP contribution in [0.5, 0.6) is 11.5 Å². The van der Waals surface area contributed by atoms with Crippen LogP contribution in [0.2, 0.25) is 0 Å². The third-order valence-electron chi connectivity index (χ3n) is 5.41. The lowest BCUT2D eigenvalue weighted by Gasteiger charge is -2.43. The van der Waals surface area contributed by atoms with Crippen molar-refractivity contribution in [3.05, 3.63) is 22.2 Å². The summed E-state index contributed by atoms with van der Waals surface area (Å²) in [6, 6.07) is 3.79. The maximum Gasteiger partial charge on any atom is 0.224 e. The number of hydrogen-bond acceptors (Lipinski definition) is 4. The first-order chi connectivity index (χ1) is 12.0. The van der Waals surface area contributed by atoms with E-state index >= 15 is 0 Å². The second kappa shape index (κ2) is 7.96. The lowest BCUT2D eigenvalue weighted by Crippen LogP contribution is -2.54. The highest BCUT2D eigenvalue weighted by atomic mass is 79.9. The van der Waals surface area contributed by atoms with Crippen molar-refractivity contribution in [1.29, 1.82) is 0 Å². The quantitative estimate of drug-likeness (QED) is 0.809. The van der Waals surface area contributed by atoms with Gasteiger partial charge in [-0.1, -0.05) is 35.2 Å². The zero-order valence-corrected chi connectivity index (χ0v) is 16.7. The number of nitrogens with zero attached hydrogens (tertiary/aromatic N) is 1. The largest absolute Gasteiger partial charge is 0.486 e. The number of hydrogen-bond donors (Lipinski definition) is 1. The monoisotopic (exact) mass is 410 g/mol. The van der Waals surface area contributed by atoms with Gasteiger partial charge in [0.1, 0.15) is 13.2 Å². The van der Waals surface area contributed by atoms with Crippen molar-refractivity contribution >= 4 is 21.8 Å². The molecule has 1 aromatic carbocycles. The maximum absolute atomic E-state index is 12.5. The van der Waals surface area contributed by atoms with Crippen molar-refractivity contribution in [3.63, 3.8) is 0 Å². The Balaban J connectivity index is 1.62. The Morgan fingerprint density at radius 1 is 1.16 bits per heavy atom. The molecule has 1 heterocycles. The molecule has 1 fully saturated rings. The Morgan fingerprint density at radius 3 is 2.44 bits per heavy atom. The number of carbonyl (C=O) groups is 1. The predicted molar refractivity (Wildman–Crippen MR) is 101 cm³/mol. The van der Waals surface area contributed by atoms with Crippen molar-refractivity contribution in [2.75, 3.05) is 33.9 Å². The summed E-state index contributed by atoms with van der Waals surface area (Å²) in [6.07, 6.45) is 6.40. The molecule has 3 rings (SSSR count). The van der Waals surface area contributed by atoms with E-state index in [-0.39, 0.29) is 11.4 Å². The van der Waals surface area contributed by atoms with Crippen LogP contribution >= 0.6 is 15.9 Å². The van der Waals surface area contributed by atoms with Gasteiger partial charge in [0, 0.05) is 16.6 Å². The van der Waals surface area contributed by atoms with Gasteiger partial charge in [0.2, 0.25) is 5.91 Å². The van der Waals surface area contributed by atoms with Crippen LogP contribution in [0.4, 0.5) is 0 Å². The molecule has 5 nitrogen and oxygen atoms in total. The molecule has 138 valence electrons. The van der Waals surface area contributed by atoms with Gasteiger partial charge < -0.3 is 19.7 Å². The zero-order chi connectivity index (χ0) is 17.9. The van der Waals surface area contributed by atoms with Gasteiger partial charge in [0.05, 0.1) is 6.42 Å². The van der Waals surface area contributed by atoms with Gasteiger partial charge in [0.15, 0.2) is 11.5 Å². The smallest absolute Gasteiger partial charge is 0.224 e. The van der Waals surface area contributed by atoms with E-state index in [0.717, 1.165) is 28.6 Å².